The summed E-state index contributed by atoms with van der Waals surface area (Å²) in [7, 11) is 1.46. The number of aromatic hydroxyl groups is 1. The molecule has 2 aromatic carbocycles. The molecule has 0 saturated heterocycles. The molecule has 6 nitrogen and oxygen atoms in total. The summed E-state index contributed by atoms with van der Waals surface area (Å²) in [6.45, 7) is 5.91. The number of phenols is 1. The van der Waals surface area contributed by atoms with Crippen molar-refractivity contribution in [3.63, 3.8) is 0 Å². The van der Waals surface area contributed by atoms with Crippen molar-refractivity contribution in [3.05, 3.63) is 49.9 Å². The van der Waals surface area contributed by atoms with Gasteiger partial charge in [0.1, 0.15) is 5.75 Å². The maximum atomic E-state index is 12.1. The van der Waals surface area contributed by atoms with E-state index in [1.165, 1.54) is 19.4 Å². The van der Waals surface area contributed by atoms with E-state index in [0.29, 0.717) is 17.1 Å². The Hall–Kier alpha value is -2.06. The number of amides is 1. The molecule has 0 heterocycles. The molecule has 2 aromatic rings. The standard InChI is InChI=1S/C20H22Br2N2O4/c1-11(2)14-8-15(21)12(3)19(22)20(14)28-10-18(26)24-23-9-13-5-6-16(25)17(7-13)27-4/h5-9,11,25H,10H2,1-4H3,(H,24,26)/b23-9+. The molecule has 2 rings (SSSR count). The van der Waals surface area contributed by atoms with Gasteiger partial charge in [-0.1, -0.05) is 29.8 Å². The number of hydrogen-bond acceptors (Lipinski definition) is 5. The van der Waals surface area contributed by atoms with Crippen molar-refractivity contribution in [2.24, 2.45) is 5.10 Å². The molecular formula is C20H22Br2N2O4. The summed E-state index contributed by atoms with van der Waals surface area (Å²) in [6.07, 6.45) is 1.46. The lowest BCUT2D eigenvalue weighted by Crippen LogP contribution is -2.25. The molecule has 0 fully saturated rings. The topological polar surface area (TPSA) is 80.2 Å². The molecule has 0 aliphatic heterocycles. The van der Waals surface area contributed by atoms with Gasteiger partial charge < -0.3 is 14.6 Å². The van der Waals surface area contributed by atoms with E-state index in [1.54, 1.807) is 12.1 Å². The zero-order valence-electron chi connectivity index (χ0n) is 16.0. The van der Waals surface area contributed by atoms with Crippen LogP contribution in [-0.2, 0) is 4.79 Å². The van der Waals surface area contributed by atoms with Crippen molar-refractivity contribution in [2.75, 3.05) is 13.7 Å². The minimum absolute atomic E-state index is 0.0356. The van der Waals surface area contributed by atoms with E-state index in [0.717, 1.165) is 20.1 Å². The molecule has 0 aromatic heterocycles. The van der Waals surface area contributed by atoms with E-state index in [2.05, 4.69) is 56.2 Å². The fraction of sp³-hybridized carbons (Fsp3) is 0.300. The highest BCUT2D eigenvalue weighted by atomic mass is 79.9. The number of ether oxygens (including phenoxy) is 2. The lowest BCUT2D eigenvalue weighted by Gasteiger charge is -2.18. The first-order chi connectivity index (χ1) is 13.2. The van der Waals surface area contributed by atoms with Crippen LogP contribution in [0.5, 0.6) is 17.2 Å². The Morgan fingerprint density at radius 2 is 2.04 bits per heavy atom. The number of nitrogens with zero attached hydrogens (tertiary/aromatic N) is 1. The molecular weight excluding hydrogens is 492 g/mol. The van der Waals surface area contributed by atoms with Crippen molar-refractivity contribution in [1.82, 2.24) is 5.43 Å². The van der Waals surface area contributed by atoms with Crippen molar-refractivity contribution in [2.45, 2.75) is 26.7 Å². The average molecular weight is 514 g/mol. The lowest BCUT2D eigenvalue weighted by atomic mass is 10.0. The van der Waals surface area contributed by atoms with Crippen LogP contribution in [0.3, 0.4) is 0 Å². The van der Waals surface area contributed by atoms with Gasteiger partial charge in [0, 0.05) is 4.47 Å². The van der Waals surface area contributed by atoms with E-state index in [9.17, 15) is 9.90 Å². The SMILES string of the molecule is COc1cc(/C=N/NC(=O)COc2c(C(C)C)cc(Br)c(C)c2Br)ccc1O. The maximum Gasteiger partial charge on any atom is 0.277 e. The number of nitrogens with one attached hydrogen (secondary N) is 1. The molecule has 0 aliphatic rings. The van der Waals surface area contributed by atoms with Crippen molar-refractivity contribution >= 4 is 44.0 Å². The Morgan fingerprint density at radius 1 is 1.32 bits per heavy atom. The van der Waals surface area contributed by atoms with Crippen LogP contribution in [-0.4, -0.2) is 30.9 Å². The number of halogens is 2. The summed E-state index contributed by atoms with van der Waals surface area (Å²) in [5.41, 5.74) is 5.09. The summed E-state index contributed by atoms with van der Waals surface area (Å²) in [5.74, 6) is 0.861. The Kier molecular flexibility index (Phi) is 7.88. The summed E-state index contributed by atoms with van der Waals surface area (Å²) in [4.78, 5) is 12.1. The lowest BCUT2D eigenvalue weighted by molar-refractivity contribution is -0.123. The molecule has 1 amide bonds. The molecule has 0 aliphatic carbocycles. The van der Waals surface area contributed by atoms with Gasteiger partial charge in [-0.05, 0) is 69.7 Å². The fourth-order valence-corrected chi connectivity index (χ4v) is 3.68. The van der Waals surface area contributed by atoms with Crippen LogP contribution in [0.1, 0.15) is 36.5 Å². The van der Waals surface area contributed by atoms with Gasteiger partial charge in [-0.2, -0.15) is 5.10 Å². The quantitative estimate of drug-likeness (QED) is 0.408. The molecule has 2 N–H and O–H groups in total. The zero-order valence-corrected chi connectivity index (χ0v) is 19.2. The monoisotopic (exact) mass is 512 g/mol. The normalized spacial score (nSPS) is 11.1. The fourth-order valence-electron chi connectivity index (χ4n) is 2.41. The first kappa shape index (κ1) is 22.2. The van der Waals surface area contributed by atoms with Crippen molar-refractivity contribution < 1.29 is 19.4 Å². The van der Waals surface area contributed by atoms with Crippen LogP contribution >= 0.6 is 31.9 Å². The van der Waals surface area contributed by atoms with Crippen LogP contribution < -0.4 is 14.9 Å². The number of hydrogen-bond donors (Lipinski definition) is 2. The minimum atomic E-state index is -0.385. The van der Waals surface area contributed by atoms with Crippen LogP contribution in [0, 0.1) is 6.92 Å². The minimum Gasteiger partial charge on any atom is -0.504 e. The molecule has 0 radical (unpaired) electrons. The summed E-state index contributed by atoms with van der Waals surface area (Å²) in [5, 5.41) is 13.5. The van der Waals surface area contributed by atoms with E-state index in [-0.39, 0.29) is 24.2 Å². The van der Waals surface area contributed by atoms with Crippen molar-refractivity contribution in [3.8, 4) is 17.2 Å². The number of phenolic OH excluding ortho intramolecular Hbond substituents is 1. The smallest absolute Gasteiger partial charge is 0.277 e. The third kappa shape index (κ3) is 5.48. The van der Waals surface area contributed by atoms with Crippen LogP contribution in [0.2, 0.25) is 0 Å². The molecule has 0 saturated carbocycles. The van der Waals surface area contributed by atoms with Gasteiger partial charge in [0.05, 0.1) is 17.8 Å². The Bertz CT molecular complexity index is 898. The maximum absolute atomic E-state index is 12.1. The van der Waals surface area contributed by atoms with Gasteiger partial charge >= 0.3 is 0 Å². The first-order valence-corrected chi connectivity index (χ1v) is 10.1. The number of carbonyl (C=O) groups excluding carboxylic acids is 1. The summed E-state index contributed by atoms with van der Waals surface area (Å²) >= 11 is 7.10. The van der Waals surface area contributed by atoms with Gasteiger partial charge in [-0.15, -0.1) is 0 Å². The predicted molar refractivity (Wildman–Crippen MR) is 117 cm³/mol. The second kappa shape index (κ2) is 9.93. The number of rotatable bonds is 7. The predicted octanol–water partition coefficient (Wildman–Crippen LogP) is 4.89. The Balaban J connectivity index is 2.02. The van der Waals surface area contributed by atoms with Crippen LogP contribution in [0.4, 0.5) is 0 Å². The molecule has 150 valence electrons. The summed E-state index contributed by atoms with van der Waals surface area (Å²) < 4.78 is 12.6. The van der Waals surface area contributed by atoms with E-state index in [4.69, 9.17) is 9.47 Å². The third-order valence-corrected chi connectivity index (χ3v) is 5.79. The highest BCUT2D eigenvalue weighted by molar-refractivity contribution is 9.11. The summed E-state index contributed by atoms with van der Waals surface area (Å²) in [6, 6.07) is 6.76. The largest absolute Gasteiger partial charge is 0.504 e. The zero-order chi connectivity index (χ0) is 20.8. The second-order valence-corrected chi connectivity index (χ2v) is 8.03. The second-order valence-electron chi connectivity index (χ2n) is 6.38. The van der Waals surface area contributed by atoms with Gasteiger partial charge in [0.25, 0.3) is 5.91 Å². The Morgan fingerprint density at radius 3 is 2.68 bits per heavy atom. The number of hydrazone groups is 1. The molecule has 0 atom stereocenters. The van der Waals surface area contributed by atoms with Gasteiger partial charge in [-0.25, -0.2) is 5.43 Å². The average Bonchev–Trinajstić information content (AvgIpc) is 2.66. The van der Waals surface area contributed by atoms with Crippen molar-refractivity contribution in [1.29, 1.82) is 0 Å². The molecule has 28 heavy (non-hydrogen) atoms. The van der Waals surface area contributed by atoms with Crippen LogP contribution in [0.15, 0.2) is 38.3 Å². The van der Waals surface area contributed by atoms with E-state index >= 15 is 0 Å². The number of benzene rings is 2. The van der Waals surface area contributed by atoms with E-state index < -0.39 is 0 Å². The number of carbonyl (C=O) groups is 1. The van der Waals surface area contributed by atoms with Gasteiger partial charge in [0.15, 0.2) is 18.1 Å². The third-order valence-electron chi connectivity index (χ3n) is 4.01. The Labute approximate surface area is 181 Å². The first-order valence-electron chi connectivity index (χ1n) is 8.54. The molecule has 8 heteroatoms. The molecule has 0 bridgehead atoms. The van der Waals surface area contributed by atoms with Gasteiger partial charge in [-0.3, -0.25) is 4.79 Å². The van der Waals surface area contributed by atoms with Crippen LogP contribution in [0.25, 0.3) is 0 Å². The molecule has 0 unspecified atom stereocenters. The van der Waals surface area contributed by atoms with E-state index in [1.807, 2.05) is 13.0 Å². The number of methoxy groups -OCH3 is 1. The van der Waals surface area contributed by atoms with Gasteiger partial charge in [0.2, 0.25) is 0 Å². The molecule has 0 spiro atoms. The highest BCUT2D eigenvalue weighted by Crippen LogP contribution is 2.40. The highest BCUT2D eigenvalue weighted by Gasteiger charge is 2.17.